The Morgan fingerprint density at radius 2 is 1.96 bits per heavy atom. The molecule has 0 radical (unpaired) electrons. The number of aromatic nitrogens is 2. The number of fused-ring (bicyclic) bond motifs is 1. The summed E-state index contributed by atoms with van der Waals surface area (Å²) < 4.78 is 0. The summed E-state index contributed by atoms with van der Waals surface area (Å²) in [4.78, 5) is 25.9. The topological polar surface area (TPSA) is 49.3 Å². The Balaban J connectivity index is 2.10. The average Bonchev–Trinajstić information content (AvgIpc) is 2.43. The second-order valence-corrected chi connectivity index (χ2v) is 8.55. The number of hydrogen-bond acceptors (Lipinski definition) is 4. The molecule has 1 aliphatic heterocycles. The first-order valence-corrected chi connectivity index (χ1v) is 8.88. The van der Waals surface area contributed by atoms with Crippen LogP contribution < -0.4 is 4.90 Å². The third kappa shape index (κ3) is 4.68. The molecular formula is C19H32N4O. The maximum absolute atomic E-state index is 12.7. The van der Waals surface area contributed by atoms with Crippen LogP contribution in [0.15, 0.2) is 0 Å². The lowest BCUT2D eigenvalue weighted by atomic mass is 9.84. The number of carbonyl (C=O) groups excluding carboxylic acids is 1. The van der Waals surface area contributed by atoms with Gasteiger partial charge in [0.25, 0.3) is 0 Å². The quantitative estimate of drug-likeness (QED) is 0.849. The molecule has 0 fully saturated rings. The van der Waals surface area contributed by atoms with Crippen molar-refractivity contribution in [3.05, 3.63) is 17.1 Å². The SMILES string of the molecule is Cc1nc2c(c(N(C)C)n1)CN(C(=O)C[C@@H](C)CC(C)(C)C)CC2. The number of hydrogen-bond donors (Lipinski definition) is 0. The van der Waals surface area contributed by atoms with Gasteiger partial charge in [0.05, 0.1) is 12.2 Å². The van der Waals surface area contributed by atoms with Gasteiger partial charge in [0.1, 0.15) is 11.6 Å². The van der Waals surface area contributed by atoms with Crippen molar-refractivity contribution in [2.24, 2.45) is 11.3 Å². The second kappa shape index (κ2) is 7.08. The maximum atomic E-state index is 12.7. The summed E-state index contributed by atoms with van der Waals surface area (Å²) in [7, 11) is 3.99. The summed E-state index contributed by atoms with van der Waals surface area (Å²) in [5.41, 5.74) is 2.46. The van der Waals surface area contributed by atoms with Crippen molar-refractivity contribution < 1.29 is 4.79 Å². The van der Waals surface area contributed by atoms with E-state index >= 15 is 0 Å². The maximum Gasteiger partial charge on any atom is 0.223 e. The van der Waals surface area contributed by atoms with Crippen molar-refractivity contribution in [1.82, 2.24) is 14.9 Å². The number of nitrogens with zero attached hydrogens (tertiary/aromatic N) is 4. The molecule has 0 aromatic carbocycles. The number of aryl methyl sites for hydroxylation is 1. The highest BCUT2D eigenvalue weighted by Crippen LogP contribution is 2.29. The van der Waals surface area contributed by atoms with Gasteiger partial charge in [-0.25, -0.2) is 9.97 Å². The first-order chi connectivity index (χ1) is 11.1. The van der Waals surface area contributed by atoms with Crippen LogP contribution >= 0.6 is 0 Å². The molecule has 0 bridgehead atoms. The third-order valence-electron chi connectivity index (χ3n) is 4.41. The monoisotopic (exact) mass is 332 g/mol. The minimum atomic E-state index is 0.252. The zero-order chi connectivity index (χ0) is 18.1. The summed E-state index contributed by atoms with van der Waals surface area (Å²) in [5.74, 6) is 2.40. The van der Waals surface area contributed by atoms with Crippen molar-refractivity contribution in [2.75, 3.05) is 25.5 Å². The van der Waals surface area contributed by atoms with Gasteiger partial charge < -0.3 is 9.80 Å². The first-order valence-electron chi connectivity index (χ1n) is 8.88. The van der Waals surface area contributed by atoms with Crippen molar-refractivity contribution in [2.45, 2.75) is 60.4 Å². The second-order valence-electron chi connectivity index (χ2n) is 8.55. The summed E-state index contributed by atoms with van der Waals surface area (Å²) in [6.07, 6.45) is 2.50. The lowest BCUT2D eigenvalue weighted by Crippen LogP contribution is -2.38. The van der Waals surface area contributed by atoms with Crippen molar-refractivity contribution >= 4 is 11.7 Å². The number of anilines is 1. The molecule has 0 aliphatic carbocycles. The largest absolute Gasteiger partial charge is 0.362 e. The molecule has 5 nitrogen and oxygen atoms in total. The summed E-state index contributed by atoms with van der Waals surface area (Å²) in [6.45, 7) is 12.2. The van der Waals surface area contributed by atoms with Crippen LogP contribution in [0.3, 0.4) is 0 Å². The molecule has 2 rings (SSSR count). The summed E-state index contributed by atoms with van der Waals surface area (Å²) >= 11 is 0. The molecule has 2 heterocycles. The van der Waals surface area contributed by atoms with E-state index in [1.165, 1.54) is 0 Å². The van der Waals surface area contributed by atoms with Crippen LogP contribution in [0.1, 0.15) is 57.6 Å². The lowest BCUT2D eigenvalue weighted by Gasteiger charge is -2.32. The van der Waals surface area contributed by atoms with Gasteiger partial charge in [-0.2, -0.15) is 0 Å². The molecule has 0 saturated carbocycles. The molecule has 0 spiro atoms. The van der Waals surface area contributed by atoms with E-state index in [0.29, 0.717) is 18.9 Å². The Labute approximate surface area is 146 Å². The minimum Gasteiger partial charge on any atom is -0.362 e. The van der Waals surface area contributed by atoms with Gasteiger partial charge in [-0.1, -0.05) is 27.7 Å². The first kappa shape index (κ1) is 18.7. The normalized spacial score (nSPS) is 15.9. The fraction of sp³-hybridized carbons (Fsp3) is 0.737. The van der Waals surface area contributed by atoms with E-state index in [0.717, 1.165) is 42.3 Å². The van der Waals surface area contributed by atoms with E-state index in [1.807, 2.05) is 30.8 Å². The Bertz CT molecular complexity index is 604. The van der Waals surface area contributed by atoms with E-state index in [2.05, 4.69) is 37.7 Å². The molecule has 24 heavy (non-hydrogen) atoms. The Hall–Kier alpha value is -1.65. The minimum absolute atomic E-state index is 0.252. The van der Waals surface area contributed by atoms with Crippen molar-refractivity contribution in [3.8, 4) is 0 Å². The Morgan fingerprint density at radius 1 is 1.29 bits per heavy atom. The summed E-state index contributed by atoms with van der Waals surface area (Å²) in [6, 6.07) is 0. The van der Waals surface area contributed by atoms with Crippen LogP contribution in [0.25, 0.3) is 0 Å². The van der Waals surface area contributed by atoms with Gasteiger partial charge in [0.2, 0.25) is 5.91 Å². The van der Waals surface area contributed by atoms with Gasteiger partial charge in [-0.15, -0.1) is 0 Å². The van der Waals surface area contributed by atoms with E-state index in [9.17, 15) is 4.79 Å². The van der Waals surface area contributed by atoms with Crippen LogP contribution in [-0.2, 0) is 17.8 Å². The zero-order valence-corrected chi connectivity index (χ0v) is 16.3. The highest BCUT2D eigenvalue weighted by Gasteiger charge is 2.27. The number of amides is 1. The highest BCUT2D eigenvalue weighted by atomic mass is 16.2. The molecular weight excluding hydrogens is 300 g/mol. The zero-order valence-electron chi connectivity index (χ0n) is 16.3. The molecule has 1 atom stereocenters. The Kier molecular flexibility index (Phi) is 5.51. The van der Waals surface area contributed by atoms with Crippen LogP contribution in [-0.4, -0.2) is 41.4 Å². The molecule has 1 amide bonds. The molecule has 1 aliphatic rings. The number of rotatable bonds is 4. The third-order valence-corrected chi connectivity index (χ3v) is 4.41. The van der Waals surface area contributed by atoms with Crippen LogP contribution in [0, 0.1) is 18.3 Å². The van der Waals surface area contributed by atoms with Crippen LogP contribution in [0.2, 0.25) is 0 Å². The molecule has 0 N–H and O–H groups in total. The van der Waals surface area contributed by atoms with Gasteiger partial charge in [0, 0.05) is 39.0 Å². The smallest absolute Gasteiger partial charge is 0.223 e. The average molecular weight is 332 g/mol. The predicted octanol–water partition coefficient (Wildman–Crippen LogP) is 3.20. The molecule has 1 aromatic heterocycles. The van der Waals surface area contributed by atoms with E-state index in [1.54, 1.807) is 0 Å². The fourth-order valence-corrected chi connectivity index (χ4v) is 3.64. The van der Waals surface area contributed by atoms with E-state index < -0.39 is 0 Å². The van der Waals surface area contributed by atoms with Crippen molar-refractivity contribution in [1.29, 1.82) is 0 Å². The fourth-order valence-electron chi connectivity index (χ4n) is 3.64. The standard InChI is InChI=1S/C19H32N4O/c1-13(11-19(3,4)5)10-17(24)23-9-8-16-15(12-23)18(22(6)7)21-14(2)20-16/h13H,8-12H2,1-7H3/t13-/m1/s1. The predicted molar refractivity (Wildman–Crippen MR) is 98.1 cm³/mol. The molecule has 0 saturated heterocycles. The van der Waals surface area contributed by atoms with Gasteiger partial charge in [0.15, 0.2) is 0 Å². The lowest BCUT2D eigenvalue weighted by molar-refractivity contribution is -0.133. The molecule has 1 aromatic rings. The molecule has 5 heteroatoms. The molecule has 134 valence electrons. The van der Waals surface area contributed by atoms with Crippen LogP contribution in [0.4, 0.5) is 5.82 Å². The Morgan fingerprint density at radius 3 is 2.54 bits per heavy atom. The van der Waals surface area contributed by atoms with Crippen molar-refractivity contribution in [3.63, 3.8) is 0 Å². The molecule has 0 unspecified atom stereocenters. The van der Waals surface area contributed by atoms with Crippen LogP contribution in [0.5, 0.6) is 0 Å². The van der Waals surface area contributed by atoms with E-state index in [4.69, 9.17) is 0 Å². The van der Waals surface area contributed by atoms with Gasteiger partial charge >= 0.3 is 0 Å². The van der Waals surface area contributed by atoms with Gasteiger partial charge in [-0.3, -0.25) is 4.79 Å². The highest BCUT2D eigenvalue weighted by molar-refractivity contribution is 5.77. The number of carbonyl (C=O) groups is 1. The van der Waals surface area contributed by atoms with Gasteiger partial charge in [-0.05, 0) is 24.7 Å². The summed E-state index contributed by atoms with van der Waals surface area (Å²) in [5, 5.41) is 0. The van der Waals surface area contributed by atoms with E-state index in [-0.39, 0.29) is 11.3 Å².